The number of benzene rings is 3. The zero-order chi connectivity index (χ0) is 25.9. The molecule has 3 aromatic carbocycles. The number of carbonyl (C=O) groups is 2. The molecule has 8 heteroatoms. The Hall–Kier alpha value is -3.46. The molecule has 0 aromatic heterocycles. The lowest BCUT2D eigenvalue weighted by Gasteiger charge is -2.27. The fourth-order valence-corrected chi connectivity index (χ4v) is 4.72. The van der Waals surface area contributed by atoms with E-state index in [2.05, 4.69) is 21.2 Å². The molecule has 5 N–H and O–H groups in total. The van der Waals surface area contributed by atoms with Crippen molar-refractivity contribution in [2.75, 3.05) is 22.6 Å². The van der Waals surface area contributed by atoms with Crippen molar-refractivity contribution in [2.45, 2.75) is 25.5 Å². The first kappa shape index (κ1) is 25.6. The molecule has 0 saturated carbocycles. The largest absolute Gasteiger partial charge is 0.399 e. The van der Waals surface area contributed by atoms with Gasteiger partial charge in [-0.25, -0.2) is 0 Å². The van der Waals surface area contributed by atoms with Crippen molar-refractivity contribution < 1.29 is 19.8 Å². The third-order valence-corrected chi connectivity index (χ3v) is 6.80. The SMILES string of the molecule is C[C@H](/C=C/CCO)[C@@]1(O)C(=O)N(Cc2cccc(NC(=O)c3ccc(N)cc3)c2)c2ccc(Br)cc21. The van der Waals surface area contributed by atoms with E-state index in [1.807, 2.05) is 30.3 Å². The molecule has 3 aromatic rings. The molecule has 0 aliphatic carbocycles. The van der Waals surface area contributed by atoms with Crippen molar-refractivity contribution in [2.24, 2.45) is 5.92 Å². The summed E-state index contributed by atoms with van der Waals surface area (Å²) in [5.74, 6) is -1.20. The molecule has 0 spiro atoms. The minimum Gasteiger partial charge on any atom is -0.399 e. The number of carbonyl (C=O) groups excluding carboxylic acids is 2. The van der Waals surface area contributed by atoms with E-state index < -0.39 is 17.4 Å². The number of rotatable bonds is 8. The molecular formula is C28H28BrN3O4. The highest BCUT2D eigenvalue weighted by molar-refractivity contribution is 9.10. The second-order valence-corrected chi connectivity index (χ2v) is 9.74. The number of fused-ring (bicyclic) bond motifs is 1. The summed E-state index contributed by atoms with van der Waals surface area (Å²) in [6.07, 6.45) is 3.97. The molecule has 4 rings (SSSR count). The van der Waals surface area contributed by atoms with Gasteiger partial charge in [0.1, 0.15) is 0 Å². The molecule has 186 valence electrons. The number of amides is 2. The molecule has 36 heavy (non-hydrogen) atoms. The molecule has 2 amide bonds. The number of anilines is 3. The van der Waals surface area contributed by atoms with E-state index in [-0.39, 0.29) is 19.1 Å². The fourth-order valence-electron chi connectivity index (χ4n) is 4.36. The van der Waals surface area contributed by atoms with Crippen LogP contribution in [0.3, 0.4) is 0 Å². The van der Waals surface area contributed by atoms with Crippen molar-refractivity contribution in [3.8, 4) is 0 Å². The highest BCUT2D eigenvalue weighted by Crippen LogP contribution is 2.46. The zero-order valence-corrected chi connectivity index (χ0v) is 21.4. The summed E-state index contributed by atoms with van der Waals surface area (Å²) in [4.78, 5) is 27.8. The number of nitrogens with zero attached hydrogens (tertiary/aromatic N) is 1. The van der Waals surface area contributed by atoms with Crippen LogP contribution in [0.15, 0.2) is 83.4 Å². The van der Waals surface area contributed by atoms with E-state index in [0.717, 1.165) is 10.0 Å². The number of aliphatic hydroxyl groups excluding tert-OH is 1. The van der Waals surface area contributed by atoms with Crippen LogP contribution in [0.5, 0.6) is 0 Å². The van der Waals surface area contributed by atoms with Gasteiger partial charge in [-0.1, -0.05) is 47.1 Å². The molecule has 0 unspecified atom stereocenters. The summed E-state index contributed by atoms with van der Waals surface area (Å²) in [6.45, 7) is 2.00. The van der Waals surface area contributed by atoms with Gasteiger partial charge in [0.15, 0.2) is 5.60 Å². The molecule has 1 aliphatic rings. The van der Waals surface area contributed by atoms with Gasteiger partial charge in [-0.3, -0.25) is 9.59 Å². The smallest absolute Gasteiger partial charge is 0.264 e. The monoisotopic (exact) mass is 549 g/mol. The van der Waals surface area contributed by atoms with Crippen LogP contribution in [-0.4, -0.2) is 28.6 Å². The summed E-state index contributed by atoms with van der Waals surface area (Å²) in [5.41, 5.74) is 7.55. The lowest BCUT2D eigenvalue weighted by molar-refractivity contribution is -0.139. The molecule has 2 atom stereocenters. The molecule has 7 nitrogen and oxygen atoms in total. The van der Waals surface area contributed by atoms with E-state index >= 15 is 0 Å². The van der Waals surface area contributed by atoms with Gasteiger partial charge >= 0.3 is 0 Å². The number of aliphatic hydroxyl groups is 2. The average Bonchev–Trinajstić information content (AvgIpc) is 3.07. The minimum atomic E-state index is -1.74. The molecule has 0 radical (unpaired) electrons. The molecule has 0 bridgehead atoms. The first-order valence-corrected chi connectivity index (χ1v) is 12.4. The van der Waals surface area contributed by atoms with Gasteiger partial charge in [0.2, 0.25) is 0 Å². The molecule has 0 saturated heterocycles. The first-order chi connectivity index (χ1) is 17.2. The van der Waals surface area contributed by atoms with Gasteiger partial charge in [0.05, 0.1) is 12.2 Å². The Labute approximate surface area is 218 Å². The van der Waals surface area contributed by atoms with E-state index in [1.165, 1.54) is 0 Å². The number of hydrogen-bond donors (Lipinski definition) is 4. The normalized spacial score (nSPS) is 17.9. The predicted molar refractivity (Wildman–Crippen MR) is 144 cm³/mol. The second kappa shape index (κ2) is 10.7. The Kier molecular flexibility index (Phi) is 7.59. The van der Waals surface area contributed by atoms with Crippen molar-refractivity contribution in [1.82, 2.24) is 0 Å². The Bertz CT molecular complexity index is 1310. The van der Waals surface area contributed by atoms with Gasteiger partial charge < -0.3 is 26.2 Å². The number of hydrogen-bond acceptors (Lipinski definition) is 5. The van der Waals surface area contributed by atoms with Crippen molar-refractivity contribution >= 4 is 44.8 Å². The van der Waals surface area contributed by atoms with E-state index in [0.29, 0.717) is 34.6 Å². The zero-order valence-electron chi connectivity index (χ0n) is 19.8. The average molecular weight is 550 g/mol. The molecule has 0 fully saturated rings. The molecular weight excluding hydrogens is 522 g/mol. The summed E-state index contributed by atoms with van der Waals surface area (Å²) < 4.78 is 0.758. The number of nitrogen functional groups attached to an aromatic ring is 1. The standard InChI is InChI=1S/C28H28BrN3O4/c1-18(5-2-3-14-33)28(36)24-16-21(29)10-13-25(24)32(27(28)35)17-19-6-4-7-23(15-19)31-26(34)20-8-11-22(30)12-9-20/h2,4-13,15-16,18,33,36H,3,14,17,30H2,1H3,(H,31,34)/b5-2+/t18-,28+/m1/s1. The summed E-state index contributed by atoms with van der Waals surface area (Å²) >= 11 is 3.45. The van der Waals surface area contributed by atoms with Crippen LogP contribution in [0.25, 0.3) is 0 Å². The third-order valence-electron chi connectivity index (χ3n) is 6.31. The van der Waals surface area contributed by atoms with Crippen molar-refractivity contribution in [3.63, 3.8) is 0 Å². The predicted octanol–water partition coefficient (Wildman–Crippen LogP) is 4.59. The number of halogens is 1. The Morgan fingerprint density at radius 2 is 1.92 bits per heavy atom. The number of nitrogens with one attached hydrogen (secondary N) is 1. The topological polar surface area (TPSA) is 116 Å². The van der Waals surface area contributed by atoms with Crippen LogP contribution in [0.1, 0.15) is 34.8 Å². The van der Waals surface area contributed by atoms with Crippen LogP contribution >= 0.6 is 15.9 Å². The van der Waals surface area contributed by atoms with E-state index in [9.17, 15) is 14.7 Å². The Morgan fingerprint density at radius 3 is 2.64 bits per heavy atom. The highest BCUT2D eigenvalue weighted by Gasteiger charge is 2.52. The van der Waals surface area contributed by atoms with Crippen LogP contribution in [0.4, 0.5) is 17.1 Å². The maximum Gasteiger partial charge on any atom is 0.264 e. The second-order valence-electron chi connectivity index (χ2n) is 8.82. The van der Waals surface area contributed by atoms with Crippen molar-refractivity contribution in [1.29, 1.82) is 0 Å². The van der Waals surface area contributed by atoms with Crippen molar-refractivity contribution in [3.05, 3.63) is 100 Å². The summed E-state index contributed by atoms with van der Waals surface area (Å²) in [7, 11) is 0. The Balaban J connectivity index is 1.59. The van der Waals surface area contributed by atoms with E-state index in [4.69, 9.17) is 10.8 Å². The quantitative estimate of drug-likeness (QED) is 0.242. The minimum absolute atomic E-state index is 0.00490. The van der Waals surface area contributed by atoms with Crippen LogP contribution < -0.4 is 16.0 Å². The lowest BCUT2D eigenvalue weighted by Crippen LogP contribution is -2.44. The van der Waals surface area contributed by atoms with Crippen LogP contribution in [0, 0.1) is 5.92 Å². The third kappa shape index (κ3) is 5.06. The lowest BCUT2D eigenvalue weighted by atomic mass is 9.83. The maximum atomic E-state index is 13.6. The van der Waals surface area contributed by atoms with E-state index in [1.54, 1.807) is 60.4 Å². The van der Waals surface area contributed by atoms with Gasteiger partial charge in [0, 0.05) is 39.5 Å². The van der Waals surface area contributed by atoms with Gasteiger partial charge in [-0.05, 0) is 66.6 Å². The highest BCUT2D eigenvalue weighted by atomic mass is 79.9. The Morgan fingerprint density at radius 1 is 1.17 bits per heavy atom. The molecule has 1 heterocycles. The molecule has 1 aliphatic heterocycles. The van der Waals surface area contributed by atoms with Gasteiger partial charge in [-0.2, -0.15) is 0 Å². The van der Waals surface area contributed by atoms with Gasteiger partial charge in [-0.15, -0.1) is 0 Å². The van der Waals surface area contributed by atoms with Crippen LogP contribution in [-0.2, 0) is 16.9 Å². The summed E-state index contributed by atoms with van der Waals surface area (Å²) in [5, 5.41) is 23.6. The van der Waals surface area contributed by atoms with Gasteiger partial charge in [0.25, 0.3) is 11.8 Å². The first-order valence-electron chi connectivity index (χ1n) is 11.6. The summed E-state index contributed by atoms with van der Waals surface area (Å²) in [6, 6.07) is 19.3. The van der Waals surface area contributed by atoms with Crippen LogP contribution in [0.2, 0.25) is 0 Å². The number of nitrogens with two attached hydrogens (primary N) is 1. The maximum absolute atomic E-state index is 13.6. The fraction of sp³-hybridized carbons (Fsp3) is 0.214.